The molecule has 2 saturated heterocycles. The van der Waals surface area contributed by atoms with Crippen molar-refractivity contribution in [2.75, 3.05) is 65.7 Å². The number of Topliss-reactive ketones (excluding diaryl/α,β-unsaturated/α-hetero) is 2. The van der Waals surface area contributed by atoms with Crippen LogP contribution in [0.5, 0.6) is 0 Å². The third-order valence-corrected chi connectivity index (χ3v) is 8.15. The molecule has 0 unspecified atom stereocenters. The number of fused-ring (bicyclic) bond motifs is 3. The molecule has 0 radical (unpaired) electrons. The average Bonchev–Trinajstić information content (AvgIpc) is 3.39. The normalized spacial score (nSPS) is 17.4. The third kappa shape index (κ3) is 8.62. The number of carbonyl (C=O) groups is 2. The number of hydrogen-bond acceptors (Lipinski definition) is 10. The first kappa shape index (κ1) is 34.6. The highest BCUT2D eigenvalue weighted by Gasteiger charge is 2.24. The molecule has 1 aliphatic carbocycles. The van der Waals surface area contributed by atoms with Crippen LogP contribution in [0.2, 0.25) is 0 Å². The first-order valence-corrected chi connectivity index (χ1v) is 14.4. The molecular formula is C31H40Cl2N4O6. The number of benzene rings is 2. The van der Waals surface area contributed by atoms with Crippen LogP contribution < -0.4 is 0 Å². The van der Waals surface area contributed by atoms with Crippen molar-refractivity contribution in [3.63, 3.8) is 0 Å². The van der Waals surface area contributed by atoms with Gasteiger partial charge in [0.05, 0.1) is 26.4 Å². The van der Waals surface area contributed by atoms with Gasteiger partial charge in [0.2, 0.25) is 11.6 Å². The van der Waals surface area contributed by atoms with E-state index in [1.807, 2.05) is 24.3 Å². The highest BCUT2D eigenvalue weighted by atomic mass is 35.5. The van der Waals surface area contributed by atoms with Crippen LogP contribution in [0.15, 0.2) is 46.7 Å². The quantitative estimate of drug-likeness (QED) is 0.130. The number of morpholine rings is 2. The van der Waals surface area contributed by atoms with Crippen molar-refractivity contribution < 1.29 is 29.5 Å². The summed E-state index contributed by atoms with van der Waals surface area (Å²) >= 11 is 0. The standard InChI is InChI=1S/C31H38N4O6.2ClH/c36-30(28(32-38)3-1-9-34-11-15-40-16-12-34)22-5-7-26-24(19-22)21-25-20-23(6-8-27(25)26)31(37)29(33-39)4-2-10-35-13-17-41-18-14-35;;/h5-8,19-20,38-39H,1-4,9-18,21H2;2*1H. The number of carbonyl (C=O) groups excluding carboxylic acids is 2. The predicted octanol–water partition coefficient (Wildman–Crippen LogP) is 4.35. The largest absolute Gasteiger partial charge is 0.411 e. The lowest BCUT2D eigenvalue weighted by Gasteiger charge is -2.26. The van der Waals surface area contributed by atoms with E-state index in [1.54, 1.807) is 12.1 Å². The summed E-state index contributed by atoms with van der Waals surface area (Å²) in [6.07, 6.45) is 2.83. The maximum atomic E-state index is 13.2. The van der Waals surface area contributed by atoms with Gasteiger partial charge < -0.3 is 19.9 Å². The summed E-state index contributed by atoms with van der Waals surface area (Å²) in [5, 5.41) is 25.8. The second kappa shape index (κ2) is 16.8. The summed E-state index contributed by atoms with van der Waals surface area (Å²) in [7, 11) is 0. The fourth-order valence-corrected chi connectivity index (χ4v) is 5.83. The van der Waals surface area contributed by atoms with Crippen molar-refractivity contribution in [1.29, 1.82) is 0 Å². The molecule has 0 atom stereocenters. The van der Waals surface area contributed by atoms with Crippen molar-refractivity contribution in [2.24, 2.45) is 10.3 Å². The topological polar surface area (TPSA) is 124 Å². The fraction of sp³-hybridized carbons (Fsp3) is 0.484. The van der Waals surface area contributed by atoms with Gasteiger partial charge in [0.25, 0.3) is 0 Å². The van der Waals surface area contributed by atoms with E-state index in [9.17, 15) is 20.0 Å². The lowest BCUT2D eigenvalue weighted by molar-refractivity contribution is 0.0376. The predicted molar refractivity (Wildman–Crippen MR) is 169 cm³/mol. The van der Waals surface area contributed by atoms with Gasteiger partial charge in [0, 0.05) is 37.3 Å². The molecular weight excluding hydrogens is 595 g/mol. The SMILES string of the molecule is Cl.Cl.O=C(C(CCCN1CCOCC1)=NO)c1ccc2c(c1)Cc1cc(C(=O)C(CCCN3CCOCC3)=NO)ccc1-2. The van der Waals surface area contributed by atoms with Crippen LogP contribution in [0.4, 0.5) is 0 Å². The molecule has 2 N–H and O–H groups in total. The van der Waals surface area contributed by atoms with Gasteiger partial charge >= 0.3 is 0 Å². The zero-order valence-corrected chi connectivity index (χ0v) is 25.8. The van der Waals surface area contributed by atoms with Crippen LogP contribution in [0, 0.1) is 0 Å². The van der Waals surface area contributed by atoms with E-state index < -0.39 is 0 Å². The maximum absolute atomic E-state index is 13.2. The van der Waals surface area contributed by atoms with E-state index in [-0.39, 0.29) is 47.8 Å². The first-order valence-electron chi connectivity index (χ1n) is 14.4. The number of hydrogen-bond donors (Lipinski definition) is 2. The Hall–Kier alpha value is -2.86. The molecule has 2 fully saturated rings. The Kier molecular flexibility index (Phi) is 13.6. The highest BCUT2D eigenvalue weighted by molar-refractivity contribution is 6.46. The molecule has 234 valence electrons. The third-order valence-electron chi connectivity index (χ3n) is 8.15. The van der Waals surface area contributed by atoms with Gasteiger partial charge in [-0.3, -0.25) is 19.4 Å². The lowest BCUT2D eigenvalue weighted by atomic mass is 9.97. The van der Waals surface area contributed by atoms with Crippen molar-refractivity contribution in [2.45, 2.75) is 32.1 Å². The van der Waals surface area contributed by atoms with Crippen molar-refractivity contribution in [3.05, 3.63) is 58.7 Å². The molecule has 12 heteroatoms. The molecule has 43 heavy (non-hydrogen) atoms. The van der Waals surface area contributed by atoms with Gasteiger partial charge in [-0.15, -0.1) is 24.8 Å². The molecule has 0 bridgehead atoms. The van der Waals surface area contributed by atoms with Crippen LogP contribution in [-0.4, -0.2) is 109 Å². The Bertz CT molecular complexity index is 1220. The minimum atomic E-state index is -0.273. The van der Waals surface area contributed by atoms with Gasteiger partial charge in [0.1, 0.15) is 11.4 Å². The van der Waals surface area contributed by atoms with Crippen LogP contribution in [0.1, 0.15) is 57.5 Å². The van der Waals surface area contributed by atoms with Crippen LogP contribution in [-0.2, 0) is 15.9 Å². The summed E-state index contributed by atoms with van der Waals surface area (Å²) in [4.78, 5) is 30.9. The molecule has 2 heterocycles. The van der Waals surface area contributed by atoms with Crippen LogP contribution in [0.3, 0.4) is 0 Å². The molecule has 0 amide bonds. The molecule has 0 aromatic heterocycles. The summed E-state index contributed by atoms with van der Waals surface area (Å²) < 4.78 is 10.8. The van der Waals surface area contributed by atoms with E-state index in [0.29, 0.717) is 30.4 Å². The van der Waals surface area contributed by atoms with Gasteiger partial charge in [-0.25, -0.2) is 0 Å². The number of ether oxygens (including phenoxy) is 2. The Morgan fingerprint density at radius 1 is 0.674 bits per heavy atom. The Morgan fingerprint density at radius 2 is 1.07 bits per heavy atom. The van der Waals surface area contributed by atoms with Gasteiger partial charge in [0.15, 0.2) is 0 Å². The minimum Gasteiger partial charge on any atom is -0.411 e. The second-order valence-corrected chi connectivity index (χ2v) is 10.8. The molecule has 0 saturated carbocycles. The molecule has 2 aliphatic heterocycles. The molecule has 2 aromatic rings. The zero-order valence-electron chi connectivity index (χ0n) is 24.2. The zero-order chi connectivity index (χ0) is 28.6. The first-order chi connectivity index (χ1) is 20.1. The van der Waals surface area contributed by atoms with Crippen molar-refractivity contribution >= 4 is 47.8 Å². The Balaban J connectivity index is 0.00000253. The molecule has 3 aliphatic rings. The monoisotopic (exact) mass is 634 g/mol. The Morgan fingerprint density at radius 3 is 1.44 bits per heavy atom. The van der Waals surface area contributed by atoms with Crippen LogP contribution >= 0.6 is 24.8 Å². The molecule has 2 aromatic carbocycles. The molecule has 0 spiro atoms. The summed E-state index contributed by atoms with van der Waals surface area (Å²) in [6.45, 7) is 8.04. The highest BCUT2D eigenvalue weighted by Crippen LogP contribution is 2.37. The van der Waals surface area contributed by atoms with Crippen molar-refractivity contribution in [3.8, 4) is 11.1 Å². The van der Waals surface area contributed by atoms with Crippen molar-refractivity contribution in [1.82, 2.24) is 9.80 Å². The van der Waals surface area contributed by atoms with E-state index in [4.69, 9.17) is 9.47 Å². The fourth-order valence-electron chi connectivity index (χ4n) is 5.83. The smallest absolute Gasteiger partial charge is 0.210 e. The van der Waals surface area contributed by atoms with Gasteiger partial charge in [-0.2, -0.15) is 0 Å². The number of rotatable bonds is 12. The maximum Gasteiger partial charge on any atom is 0.210 e. The van der Waals surface area contributed by atoms with Crippen LogP contribution in [0.25, 0.3) is 11.1 Å². The van der Waals surface area contributed by atoms with Gasteiger partial charge in [-0.05, 0) is 79.6 Å². The number of ketones is 2. The number of oxime groups is 2. The second-order valence-electron chi connectivity index (χ2n) is 10.8. The van der Waals surface area contributed by atoms with Gasteiger partial charge in [-0.1, -0.05) is 34.6 Å². The minimum absolute atomic E-state index is 0. The molecule has 5 rings (SSSR count). The lowest BCUT2D eigenvalue weighted by Crippen LogP contribution is -2.37. The van der Waals surface area contributed by atoms with E-state index in [0.717, 1.165) is 101 Å². The Labute approximate surface area is 264 Å². The van der Waals surface area contributed by atoms with E-state index >= 15 is 0 Å². The summed E-state index contributed by atoms with van der Waals surface area (Å²) in [6, 6.07) is 11.1. The summed E-state index contributed by atoms with van der Waals surface area (Å²) in [5.74, 6) is -0.546. The summed E-state index contributed by atoms with van der Waals surface area (Å²) in [5.41, 5.74) is 5.31. The van der Waals surface area contributed by atoms with E-state index in [1.165, 1.54) is 0 Å². The average molecular weight is 636 g/mol. The van der Waals surface area contributed by atoms with E-state index in [2.05, 4.69) is 20.1 Å². The molecule has 10 nitrogen and oxygen atoms in total. The number of halogens is 2. The number of nitrogens with zero attached hydrogens (tertiary/aromatic N) is 4.